The van der Waals surface area contributed by atoms with Crippen LogP contribution in [0.3, 0.4) is 0 Å². The smallest absolute Gasteiger partial charge is 0.222 e. The fourth-order valence-corrected chi connectivity index (χ4v) is 2.63. The summed E-state index contributed by atoms with van der Waals surface area (Å²) in [5.74, 6) is 0.262. The molecule has 2 rings (SSSR count). The van der Waals surface area contributed by atoms with Crippen LogP contribution in [0.1, 0.15) is 32.3 Å². The minimum atomic E-state index is 0.154. The van der Waals surface area contributed by atoms with Gasteiger partial charge in [-0.3, -0.25) is 4.79 Å². The molecule has 0 aliphatic carbocycles. The van der Waals surface area contributed by atoms with Crippen molar-refractivity contribution in [3.05, 3.63) is 35.9 Å². The van der Waals surface area contributed by atoms with Crippen molar-refractivity contribution in [2.24, 2.45) is 0 Å². The van der Waals surface area contributed by atoms with Crippen molar-refractivity contribution < 1.29 is 9.53 Å². The van der Waals surface area contributed by atoms with E-state index in [4.69, 9.17) is 4.74 Å². The molecule has 1 heterocycles. The number of carbonyl (C=O) groups is 1. The van der Waals surface area contributed by atoms with E-state index >= 15 is 0 Å². The number of rotatable bonds is 4. The first-order chi connectivity index (χ1) is 9.15. The van der Waals surface area contributed by atoms with Gasteiger partial charge in [0.1, 0.15) is 0 Å². The molecular formula is C16H23NO2. The molecule has 1 aromatic rings. The first-order valence-corrected chi connectivity index (χ1v) is 7.12. The van der Waals surface area contributed by atoms with Gasteiger partial charge in [-0.25, -0.2) is 0 Å². The van der Waals surface area contributed by atoms with Gasteiger partial charge in [-0.15, -0.1) is 0 Å². The van der Waals surface area contributed by atoms with Gasteiger partial charge >= 0.3 is 0 Å². The molecule has 0 unspecified atom stereocenters. The van der Waals surface area contributed by atoms with Gasteiger partial charge < -0.3 is 9.64 Å². The highest BCUT2D eigenvalue weighted by molar-refractivity contribution is 5.76. The number of hydrogen-bond acceptors (Lipinski definition) is 2. The average Bonchev–Trinajstić information content (AvgIpc) is 2.38. The molecule has 3 heteroatoms. The maximum Gasteiger partial charge on any atom is 0.222 e. The molecule has 0 bridgehead atoms. The monoisotopic (exact) mass is 261 g/mol. The highest BCUT2D eigenvalue weighted by Gasteiger charge is 2.25. The lowest BCUT2D eigenvalue weighted by Gasteiger charge is -2.35. The molecule has 1 aliphatic heterocycles. The normalized spacial score (nSPS) is 23.4. The van der Waals surface area contributed by atoms with Crippen molar-refractivity contribution in [2.45, 2.75) is 45.3 Å². The molecule has 2 atom stereocenters. The predicted octanol–water partition coefficient (Wildman–Crippen LogP) is 2.65. The van der Waals surface area contributed by atoms with Crippen LogP contribution in [0.15, 0.2) is 30.3 Å². The summed E-state index contributed by atoms with van der Waals surface area (Å²) < 4.78 is 5.65. The Labute approximate surface area is 115 Å². The van der Waals surface area contributed by atoms with Crippen LogP contribution in [0.5, 0.6) is 0 Å². The summed E-state index contributed by atoms with van der Waals surface area (Å²) in [5.41, 5.74) is 1.30. The topological polar surface area (TPSA) is 29.5 Å². The first kappa shape index (κ1) is 14.1. The quantitative estimate of drug-likeness (QED) is 0.834. The Hall–Kier alpha value is -1.35. The molecule has 1 amide bonds. The first-order valence-electron chi connectivity index (χ1n) is 7.12. The molecule has 3 nitrogen and oxygen atoms in total. The summed E-state index contributed by atoms with van der Waals surface area (Å²) in [7, 11) is 0. The molecule has 0 aromatic heterocycles. The van der Waals surface area contributed by atoms with Crippen molar-refractivity contribution in [1.29, 1.82) is 0 Å². The third-order valence-electron chi connectivity index (χ3n) is 3.47. The van der Waals surface area contributed by atoms with Crippen LogP contribution in [0, 0.1) is 0 Å². The maximum atomic E-state index is 12.1. The third kappa shape index (κ3) is 4.35. The van der Waals surface area contributed by atoms with E-state index in [9.17, 15) is 4.79 Å². The van der Waals surface area contributed by atoms with Gasteiger partial charge in [-0.2, -0.15) is 0 Å². The molecule has 104 valence electrons. The summed E-state index contributed by atoms with van der Waals surface area (Å²) in [6, 6.07) is 10.3. The molecular weight excluding hydrogens is 238 g/mol. The number of morpholine rings is 1. The predicted molar refractivity (Wildman–Crippen MR) is 76.0 cm³/mol. The second kappa shape index (κ2) is 6.71. The van der Waals surface area contributed by atoms with Crippen molar-refractivity contribution in [3.8, 4) is 0 Å². The Kier molecular flexibility index (Phi) is 4.97. The van der Waals surface area contributed by atoms with Gasteiger partial charge in [-0.1, -0.05) is 30.3 Å². The summed E-state index contributed by atoms with van der Waals surface area (Å²) in [5, 5.41) is 0. The van der Waals surface area contributed by atoms with Crippen molar-refractivity contribution >= 4 is 5.91 Å². The average molecular weight is 261 g/mol. The summed E-state index contributed by atoms with van der Waals surface area (Å²) in [6.45, 7) is 5.52. The molecule has 19 heavy (non-hydrogen) atoms. The van der Waals surface area contributed by atoms with Gasteiger partial charge in [-0.05, 0) is 32.3 Å². The van der Waals surface area contributed by atoms with Crippen molar-refractivity contribution in [1.82, 2.24) is 4.90 Å². The van der Waals surface area contributed by atoms with Crippen LogP contribution in [0.2, 0.25) is 0 Å². The molecule has 1 saturated heterocycles. The van der Waals surface area contributed by atoms with E-state index in [1.54, 1.807) is 0 Å². The van der Waals surface area contributed by atoms with Gasteiger partial charge in [0.05, 0.1) is 12.2 Å². The number of ether oxygens (including phenoxy) is 1. The second-order valence-electron chi connectivity index (χ2n) is 5.40. The van der Waals surface area contributed by atoms with E-state index in [0.29, 0.717) is 6.42 Å². The Morgan fingerprint density at radius 1 is 1.21 bits per heavy atom. The highest BCUT2D eigenvalue weighted by atomic mass is 16.5. The van der Waals surface area contributed by atoms with Crippen LogP contribution >= 0.6 is 0 Å². The minimum absolute atomic E-state index is 0.154. The Morgan fingerprint density at radius 3 is 2.47 bits per heavy atom. The largest absolute Gasteiger partial charge is 0.372 e. The van der Waals surface area contributed by atoms with Crippen LogP contribution in [-0.2, 0) is 16.0 Å². The lowest BCUT2D eigenvalue weighted by atomic mass is 10.1. The van der Waals surface area contributed by atoms with E-state index < -0.39 is 0 Å². The zero-order valence-corrected chi connectivity index (χ0v) is 11.8. The molecule has 1 aliphatic rings. The third-order valence-corrected chi connectivity index (χ3v) is 3.47. The van der Waals surface area contributed by atoms with E-state index in [1.165, 1.54) is 5.56 Å². The van der Waals surface area contributed by atoms with Crippen LogP contribution in [0.25, 0.3) is 0 Å². The standard InChI is InChI=1S/C16H23NO2/c1-13-11-17(12-14(2)19-13)16(18)10-6-9-15-7-4-3-5-8-15/h3-5,7-8,13-14H,6,9-12H2,1-2H3/t13-,14-/m1/s1. The number of aryl methyl sites for hydroxylation is 1. The van der Waals surface area contributed by atoms with Crippen LogP contribution in [-0.4, -0.2) is 36.1 Å². The van der Waals surface area contributed by atoms with E-state index in [-0.39, 0.29) is 18.1 Å². The van der Waals surface area contributed by atoms with E-state index in [2.05, 4.69) is 12.1 Å². The molecule has 0 radical (unpaired) electrons. The summed E-state index contributed by atoms with van der Waals surface area (Å²) in [4.78, 5) is 14.1. The number of benzene rings is 1. The Balaban J connectivity index is 1.75. The molecule has 1 fully saturated rings. The molecule has 1 aromatic carbocycles. The SMILES string of the molecule is C[C@@H]1CN(C(=O)CCCc2ccccc2)C[C@@H](C)O1. The summed E-state index contributed by atoms with van der Waals surface area (Å²) >= 11 is 0. The van der Waals surface area contributed by atoms with Crippen molar-refractivity contribution in [2.75, 3.05) is 13.1 Å². The zero-order valence-electron chi connectivity index (χ0n) is 11.8. The van der Waals surface area contributed by atoms with Gasteiger partial charge in [0.2, 0.25) is 5.91 Å². The Morgan fingerprint density at radius 2 is 1.84 bits per heavy atom. The Bertz CT molecular complexity index is 394. The van der Waals surface area contributed by atoms with Crippen molar-refractivity contribution in [3.63, 3.8) is 0 Å². The van der Waals surface area contributed by atoms with Gasteiger partial charge in [0.25, 0.3) is 0 Å². The molecule has 0 saturated carbocycles. The second-order valence-corrected chi connectivity index (χ2v) is 5.40. The van der Waals surface area contributed by atoms with E-state index in [0.717, 1.165) is 25.9 Å². The fourth-order valence-electron chi connectivity index (χ4n) is 2.63. The highest BCUT2D eigenvalue weighted by Crippen LogP contribution is 2.13. The molecule has 0 N–H and O–H groups in total. The minimum Gasteiger partial charge on any atom is -0.372 e. The van der Waals surface area contributed by atoms with Gasteiger partial charge in [0, 0.05) is 19.5 Å². The number of carbonyl (C=O) groups excluding carboxylic acids is 1. The fraction of sp³-hybridized carbons (Fsp3) is 0.562. The van der Waals surface area contributed by atoms with Crippen LogP contribution in [0.4, 0.5) is 0 Å². The number of nitrogens with zero attached hydrogens (tertiary/aromatic N) is 1. The van der Waals surface area contributed by atoms with Crippen LogP contribution < -0.4 is 0 Å². The lowest BCUT2D eigenvalue weighted by Crippen LogP contribution is -2.48. The number of hydrogen-bond donors (Lipinski definition) is 0. The molecule has 0 spiro atoms. The van der Waals surface area contributed by atoms with E-state index in [1.807, 2.05) is 36.9 Å². The lowest BCUT2D eigenvalue weighted by molar-refractivity contribution is -0.143. The zero-order chi connectivity index (χ0) is 13.7. The number of amides is 1. The summed E-state index contributed by atoms with van der Waals surface area (Å²) in [6.07, 6.45) is 2.84. The maximum absolute atomic E-state index is 12.1. The van der Waals surface area contributed by atoms with Gasteiger partial charge in [0.15, 0.2) is 0 Å².